The average molecular weight is 486 g/mol. The topological polar surface area (TPSA) is 74.8 Å². The van der Waals surface area contributed by atoms with Gasteiger partial charge in [-0.1, -0.05) is 35.5 Å². The number of benzene rings is 1. The predicted octanol–water partition coefficient (Wildman–Crippen LogP) is 5.57. The zero-order valence-corrected chi connectivity index (χ0v) is 20.9. The van der Waals surface area contributed by atoms with E-state index in [0.29, 0.717) is 5.92 Å². The van der Waals surface area contributed by atoms with Crippen LogP contribution in [0.25, 0.3) is 32.5 Å². The summed E-state index contributed by atoms with van der Waals surface area (Å²) in [6.45, 7) is 5.14. The lowest BCUT2D eigenvalue weighted by Crippen LogP contribution is -2.26. The maximum absolute atomic E-state index is 12.3. The van der Waals surface area contributed by atoms with Crippen LogP contribution in [0.3, 0.4) is 0 Å². The Hall–Kier alpha value is -3.36. The highest BCUT2D eigenvalue weighted by molar-refractivity contribution is 7.21. The molecule has 7 nitrogen and oxygen atoms in total. The predicted molar refractivity (Wildman–Crippen MR) is 138 cm³/mol. The summed E-state index contributed by atoms with van der Waals surface area (Å²) in [5, 5.41) is 8.44. The van der Waals surface area contributed by atoms with E-state index in [2.05, 4.69) is 57.3 Å². The van der Waals surface area contributed by atoms with Gasteiger partial charge < -0.3 is 9.30 Å². The Kier molecular flexibility index (Phi) is 5.50. The fourth-order valence-electron chi connectivity index (χ4n) is 5.44. The van der Waals surface area contributed by atoms with Gasteiger partial charge in [-0.2, -0.15) is 0 Å². The third-order valence-corrected chi connectivity index (χ3v) is 8.29. The Bertz CT molecular complexity index is 1520. The highest BCUT2D eigenvalue weighted by Crippen LogP contribution is 2.43. The Balaban J connectivity index is 1.66. The fourth-order valence-corrected chi connectivity index (χ4v) is 6.49. The van der Waals surface area contributed by atoms with E-state index in [9.17, 15) is 4.79 Å². The molecule has 0 bridgehead atoms. The Labute approximate surface area is 207 Å². The number of fused-ring (bicyclic) bond motifs is 3. The molecule has 1 unspecified atom stereocenters. The number of nitrogens with zero attached hydrogens (tertiary/aromatic N) is 5. The van der Waals surface area contributed by atoms with Gasteiger partial charge in [0.25, 0.3) is 0 Å². The van der Waals surface area contributed by atoms with Crippen molar-refractivity contribution in [2.75, 3.05) is 13.2 Å². The van der Waals surface area contributed by atoms with Crippen molar-refractivity contribution in [1.82, 2.24) is 24.5 Å². The van der Waals surface area contributed by atoms with Crippen molar-refractivity contribution in [2.24, 2.45) is 13.0 Å². The summed E-state index contributed by atoms with van der Waals surface area (Å²) in [6, 6.07) is 15.1. The van der Waals surface area contributed by atoms with Crippen molar-refractivity contribution in [2.45, 2.75) is 32.7 Å². The van der Waals surface area contributed by atoms with Crippen LogP contribution in [0.15, 0.2) is 48.7 Å². The number of carbonyl (C=O) groups excluding carboxylic acids is 1. The molecule has 5 aromatic rings. The van der Waals surface area contributed by atoms with Crippen molar-refractivity contribution in [1.29, 1.82) is 0 Å². The number of aryl methyl sites for hydroxylation is 2. The molecule has 8 heteroatoms. The summed E-state index contributed by atoms with van der Waals surface area (Å²) in [4.78, 5) is 18.0. The largest absolute Gasteiger partial charge is 0.381 e. The summed E-state index contributed by atoms with van der Waals surface area (Å²) >= 11 is 1.54. The minimum Gasteiger partial charge on any atom is -0.381 e. The summed E-state index contributed by atoms with van der Waals surface area (Å²) in [7, 11) is 1.91. The van der Waals surface area contributed by atoms with Gasteiger partial charge >= 0.3 is 0 Å². The number of carbonyl (C=O) groups is 1. The number of ether oxygens (including phenoxy) is 1. The molecule has 0 spiro atoms. The summed E-state index contributed by atoms with van der Waals surface area (Å²) in [5.41, 5.74) is 7.15. The monoisotopic (exact) mass is 485 g/mol. The van der Waals surface area contributed by atoms with Crippen molar-refractivity contribution >= 4 is 38.4 Å². The van der Waals surface area contributed by atoms with Crippen LogP contribution in [0, 0.1) is 12.8 Å². The lowest BCUT2D eigenvalue weighted by Gasteiger charge is -2.33. The molecule has 0 N–H and O–H groups in total. The maximum atomic E-state index is 12.3. The van der Waals surface area contributed by atoms with Gasteiger partial charge in [0.05, 0.1) is 38.0 Å². The Morgan fingerprint density at radius 1 is 1.14 bits per heavy atom. The SMILES string of the molecule is CC(=O)c1cc2c(s1)c1ncc(-c3c(C)nnn3C)cc1n2C(c1ccccc1)C1CCOCC1. The van der Waals surface area contributed by atoms with E-state index in [0.717, 1.165) is 69.1 Å². The Morgan fingerprint density at radius 2 is 1.91 bits per heavy atom. The number of rotatable bonds is 5. The second-order valence-electron chi connectivity index (χ2n) is 9.30. The van der Waals surface area contributed by atoms with Crippen LogP contribution >= 0.6 is 11.3 Å². The molecule has 0 saturated carbocycles. The first-order chi connectivity index (χ1) is 17.0. The minimum absolute atomic E-state index is 0.0847. The zero-order valence-electron chi connectivity index (χ0n) is 20.1. The highest BCUT2D eigenvalue weighted by atomic mass is 32.1. The second kappa shape index (κ2) is 8.70. The van der Waals surface area contributed by atoms with Gasteiger partial charge in [0, 0.05) is 32.0 Å². The molecule has 1 fully saturated rings. The van der Waals surface area contributed by atoms with Crippen molar-refractivity contribution in [3.05, 3.63) is 64.8 Å². The van der Waals surface area contributed by atoms with Gasteiger partial charge in [-0.3, -0.25) is 9.78 Å². The molecule has 1 aliphatic heterocycles. The number of ketones is 1. The van der Waals surface area contributed by atoms with Crippen LogP contribution < -0.4 is 0 Å². The van der Waals surface area contributed by atoms with E-state index in [1.54, 1.807) is 11.6 Å². The molecular formula is C27H27N5O2S. The van der Waals surface area contributed by atoms with Gasteiger partial charge in [0.2, 0.25) is 0 Å². The lowest BCUT2D eigenvalue weighted by atomic mass is 9.86. The van der Waals surface area contributed by atoms with Gasteiger partial charge in [-0.15, -0.1) is 16.4 Å². The number of Topliss-reactive ketones (excluding diaryl/α,β-unsaturated/α-hetero) is 1. The standard InChI is InChI=1S/C27H27N5O2S/c1-16-25(31(3)30-29-16)20-13-21-24(28-15-20)27-22(14-23(35-27)17(2)33)32(21)26(18-7-5-4-6-8-18)19-9-11-34-12-10-19/h4-8,13-15,19,26H,9-12H2,1-3H3. The summed E-state index contributed by atoms with van der Waals surface area (Å²) < 4.78 is 11.0. The van der Waals surface area contributed by atoms with Gasteiger partial charge in [0.1, 0.15) is 5.52 Å². The number of pyridine rings is 1. The van der Waals surface area contributed by atoms with Gasteiger partial charge in [-0.25, -0.2) is 4.68 Å². The molecule has 35 heavy (non-hydrogen) atoms. The molecule has 1 aromatic carbocycles. The van der Waals surface area contributed by atoms with E-state index in [-0.39, 0.29) is 11.8 Å². The van der Waals surface area contributed by atoms with E-state index in [4.69, 9.17) is 9.72 Å². The first-order valence-electron chi connectivity index (χ1n) is 12.0. The molecule has 1 aliphatic rings. The van der Waals surface area contributed by atoms with Gasteiger partial charge in [-0.05, 0) is 50.3 Å². The smallest absolute Gasteiger partial charge is 0.169 e. The molecule has 1 atom stereocenters. The van der Waals surface area contributed by atoms with Crippen molar-refractivity contribution in [3.8, 4) is 11.3 Å². The number of hydrogen-bond donors (Lipinski definition) is 0. The lowest BCUT2D eigenvalue weighted by molar-refractivity contribution is 0.0553. The third-order valence-electron chi connectivity index (χ3n) is 7.06. The van der Waals surface area contributed by atoms with Gasteiger partial charge in [0.15, 0.2) is 5.78 Å². The van der Waals surface area contributed by atoms with E-state index < -0.39 is 0 Å². The molecule has 6 rings (SSSR count). The van der Waals surface area contributed by atoms with Crippen LogP contribution in [-0.4, -0.2) is 43.5 Å². The first-order valence-corrected chi connectivity index (χ1v) is 12.8. The zero-order chi connectivity index (χ0) is 24.1. The van der Waals surface area contributed by atoms with E-state index >= 15 is 0 Å². The van der Waals surface area contributed by atoms with Crippen molar-refractivity contribution < 1.29 is 9.53 Å². The van der Waals surface area contributed by atoms with Crippen LogP contribution in [0.1, 0.15) is 46.7 Å². The van der Waals surface area contributed by atoms with Crippen LogP contribution in [-0.2, 0) is 11.8 Å². The highest BCUT2D eigenvalue weighted by Gasteiger charge is 2.31. The summed E-state index contributed by atoms with van der Waals surface area (Å²) in [6.07, 6.45) is 3.88. The molecule has 5 heterocycles. The number of aromatic nitrogens is 5. The van der Waals surface area contributed by atoms with E-state index in [1.165, 1.54) is 16.9 Å². The average Bonchev–Trinajstić information content (AvgIpc) is 3.53. The number of hydrogen-bond acceptors (Lipinski definition) is 6. The van der Waals surface area contributed by atoms with Crippen LogP contribution in [0.4, 0.5) is 0 Å². The molecule has 1 saturated heterocycles. The van der Waals surface area contributed by atoms with E-state index in [1.807, 2.05) is 20.2 Å². The molecule has 0 amide bonds. The Morgan fingerprint density at radius 3 is 2.60 bits per heavy atom. The molecule has 0 aliphatic carbocycles. The second-order valence-corrected chi connectivity index (χ2v) is 10.3. The molecular weight excluding hydrogens is 458 g/mol. The van der Waals surface area contributed by atoms with Crippen molar-refractivity contribution in [3.63, 3.8) is 0 Å². The third kappa shape index (κ3) is 3.68. The fraction of sp³-hybridized carbons (Fsp3) is 0.333. The summed E-state index contributed by atoms with van der Waals surface area (Å²) in [5.74, 6) is 0.496. The van der Waals surface area contributed by atoms with Crippen LogP contribution in [0.5, 0.6) is 0 Å². The number of thiophene rings is 1. The molecule has 4 aromatic heterocycles. The van der Waals surface area contributed by atoms with Crippen LogP contribution in [0.2, 0.25) is 0 Å². The molecule has 0 radical (unpaired) electrons. The maximum Gasteiger partial charge on any atom is 0.169 e. The quantitative estimate of drug-likeness (QED) is 0.304. The first kappa shape index (κ1) is 22.1. The minimum atomic E-state index is 0.0847. The molecule has 178 valence electrons. The normalized spacial score (nSPS) is 15.7.